The molecule has 0 aliphatic heterocycles. The van der Waals surface area contributed by atoms with Crippen LogP contribution in [0.25, 0.3) is 11.4 Å². The Labute approximate surface area is 133 Å². The lowest BCUT2D eigenvalue weighted by Crippen LogP contribution is -2.31. The fourth-order valence-electron chi connectivity index (χ4n) is 2.26. The lowest BCUT2D eigenvalue weighted by Gasteiger charge is -2.16. The molecule has 3 rings (SSSR count). The zero-order valence-electron chi connectivity index (χ0n) is 12.6. The number of nitrogens with one attached hydrogen (secondary N) is 1. The van der Waals surface area contributed by atoms with E-state index in [0.29, 0.717) is 11.4 Å². The van der Waals surface area contributed by atoms with Gasteiger partial charge in [0, 0.05) is 18.9 Å². The number of anilines is 1. The van der Waals surface area contributed by atoms with Crippen molar-refractivity contribution in [1.82, 2.24) is 9.97 Å². The van der Waals surface area contributed by atoms with Crippen LogP contribution in [0, 0.1) is 0 Å². The van der Waals surface area contributed by atoms with E-state index in [1.165, 1.54) is 11.0 Å². The van der Waals surface area contributed by atoms with Crippen LogP contribution in [0.5, 0.6) is 0 Å². The first kappa shape index (κ1) is 14.7. The summed E-state index contributed by atoms with van der Waals surface area (Å²) in [4.78, 5) is 33.1. The fourth-order valence-corrected chi connectivity index (χ4v) is 2.26. The average Bonchev–Trinajstić information content (AvgIpc) is 2.62. The van der Waals surface area contributed by atoms with Gasteiger partial charge in [0.2, 0.25) is 0 Å². The topological polar surface area (TPSA) is 66.1 Å². The molecule has 0 bridgehead atoms. The number of aromatic amines is 1. The molecule has 2 heterocycles. The maximum Gasteiger partial charge on any atom is 0.263 e. The average molecular weight is 305 g/mol. The first-order valence-corrected chi connectivity index (χ1v) is 7.14. The van der Waals surface area contributed by atoms with Crippen LogP contribution in [-0.4, -0.2) is 22.9 Å². The number of rotatable bonds is 3. The van der Waals surface area contributed by atoms with E-state index >= 15 is 0 Å². The normalized spacial score (nSPS) is 10.3. The van der Waals surface area contributed by atoms with Crippen molar-refractivity contribution in [2.45, 2.75) is 0 Å². The molecule has 0 atom stereocenters. The van der Waals surface area contributed by atoms with Gasteiger partial charge in [-0.05, 0) is 36.4 Å². The second kappa shape index (κ2) is 6.27. The molecule has 5 nitrogen and oxygen atoms in total. The summed E-state index contributed by atoms with van der Waals surface area (Å²) in [6.07, 6.45) is 1.65. The molecule has 0 saturated heterocycles. The third-order valence-electron chi connectivity index (χ3n) is 3.53. The van der Waals surface area contributed by atoms with Crippen molar-refractivity contribution in [1.29, 1.82) is 0 Å². The maximum absolute atomic E-state index is 12.5. The first-order valence-electron chi connectivity index (χ1n) is 7.14. The van der Waals surface area contributed by atoms with Gasteiger partial charge in [-0.1, -0.05) is 24.3 Å². The molecule has 5 heteroatoms. The molecule has 1 amide bonds. The molecule has 2 aromatic heterocycles. The molecule has 0 aliphatic rings. The zero-order chi connectivity index (χ0) is 16.2. The molecule has 1 aromatic carbocycles. The summed E-state index contributed by atoms with van der Waals surface area (Å²) in [5, 5.41) is 0. The first-order chi connectivity index (χ1) is 11.2. The smallest absolute Gasteiger partial charge is 0.263 e. The second-order valence-electron chi connectivity index (χ2n) is 5.03. The van der Waals surface area contributed by atoms with Crippen LogP contribution in [0.2, 0.25) is 0 Å². The Kier molecular flexibility index (Phi) is 4.01. The number of H-pyrrole nitrogens is 1. The van der Waals surface area contributed by atoms with Gasteiger partial charge < -0.3 is 9.88 Å². The van der Waals surface area contributed by atoms with Crippen LogP contribution in [-0.2, 0) is 0 Å². The summed E-state index contributed by atoms with van der Waals surface area (Å²) >= 11 is 0. The minimum absolute atomic E-state index is 0.0936. The quantitative estimate of drug-likeness (QED) is 0.809. The van der Waals surface area contributed by atoms with Gasteiger partial charge in [0.05, 0.1) is 11.4 Å². The third kappa shape index (κ3) is 3.03. The van der Waals surface area contributed by atoms with Crippen LogP contribution >= 0.6 is 0 Å². The summed E-state index contributed by atoms with van der Waals surface area (Å²) in [7, 11) is 1.64. The Hall–Kier alpha value is -3.21. The van der Waals surface area contributed by atoms with Crippen molar-refractivity contribution >= 4 is 11.6 Å². The Bertz CT molecular complexity index is 874. The molecular formula is C18H15N3O2. The number of hydrogen-bond donors (Lipinski definition) is 1. The minimum Gasteiger partial charge on any atom is -0.320 e. The number of carbonyl (C=O) groups excluding carboxylic acids is 1. The van der Waals surface area contributed by atoms with E-state index in [4.69, 9.17) is 0 Å². The van der Waals surface area contributed by atoms with E-state index in [9.17, 15) is 9.59 Å². The number of nitrogens with zero attached hydrogens (tertiary/aromatic N) is 2. The monoisotopic (exact) mass is 305 g/mol. The molecule has 0 unspecified atom stereocenters. The summed E-state index contributed by atoms with van der Waals surface area (Å²) in [6, 6.07) is 17.8. The summed E-state index contributed by atoms with van der Waals surface area (Å²) in [5.41, 5.74) is 1.62. The summed E-state index contributed by atoms with van der Waals surface area (Å²) in [6.45, 7) is 0. The Morgan fingerprint density at radius 3 is 2.39 bits per heavy atom. The van der Waals surface area contributed by atoms with Crippen LogP contribution in [0.15, 0.2) is 71.7 Å². The molecule has 3 aromatic rings. The third-order valence-corrected chi connectivity index (χ3v) is 3.53. The van der Waals surface area contributed by atoms with Crippen LogP contribution < -0.4 is 10.5 Å². The van der Waals surface area contributed by atoms with E-state index in [1.54, 1.807) is 31.4 Å². The van der Waals surface area contributed by atoms with Gasteiger partial charge in [0.15, 0.2) is 0 Å². The van der Waals surface area contributed by atoms with Gasteiger partial charge in [-0.15, -0.1) is 0 Å². The number of hydrogen-bond acceptors (Lipinski definition) is 3. The number of aromatic nitrogens is 2. The van der Waals surface area contributed by atoms with E-state index < -0.39 is 5.56 Å². The highest BCUT2D eigenvalue weighted by Crippen LogP contribution is 2.15. The maximum atomic E-state index is 12.5. The van der Waals surface area contributed by atoms with E-state index in [2.05, 4.69) is 9.97 Å². The van der Waals surface area contributed by atoms with Crippen molar-refractivity contribution < 1.29 is 4.79 Å². The highest BCUT2D eigenvalue weighted by molar-refractivity contribution is 6.05. The predicted octanol–water partition coefficient (Wildman–Crippen LogP) is 2.71. The van der Waals surface area contributed by atoms with Crippen molar-refractivity contribution in [3.63, 3.8) is 0 Å². The van der Waals surface area contributed by atoms with E-state index in [0.717, 1.165) is 5.69 Å². The standard InChI is InChI=1S/C18H15N3O2/c1-21(13-7-3-2-4-8-13)18(23)14-10-11-16(20-17(14)22)15-9-5-6-12-19-15/h2-12H,1H3,(H,20,22). The van der Waals surface area contributed by atoms with Gasteiger partial charge in [-0.25, -0.2) is 0 Å². The second-order valence-corrected chi connectivity index (χ2v) is 5.03. The molecule has 0 spiro atoms. The zero-order valence-corrected chi connectivity index (χ0v) is 12.6. The lowest BCUT2D eigenvalue weighted by molar-refractivity contribution is 0.0991. The van der Waals surface area contributed by atoms with Gasteiger partial charge in [0.1, 0.15) is 5.56 Å². The molecule has 0 aliphatic carbocycles. The number of carbonyl (C=O) groups is 1. The lowest BCUT2D eigenvalue weighted by atomic mass is 10.2. The molecular weight excluding hydrogens is 290 g/mol. The van der Waals surface area contributed by atoms with Gasteiger partial charge in [-0.2, -0.15) is 0 Å². The molecule has 23 heavy (non-hydrogen) atoms. The van der Waals surface area contributed by atoms with Crippen molar-refractivity contribution in [3.8, 4) is 11.4 Å². The summed E-state index contributed by atoms with van der Waals surface area (Å²) < 4.78 is 0. The highest BCUT2D eigenvalue weighted by Gasteiger charge is 2.17. The van der Waals surface area contributed by atoms with E-state index in [1.807, 2.05) is 36.4 Å². The Balaban J connectivity index is 1.92. The fraction of sp³-hybridized carbons (Fsp3) is 0.0556. The van der Waals surface area contributed by atoms with Crippen LogP contribution in [0.1, 0.15) is 10.4 Å². The van der Waals surface area contributed by atoms with Crippen molar-refractivity contribution in [3.05, 3.63) is 82.8 Å². The molecule has 0 radical (unpaired) electrons. The SMILES string of the molecule is CN(C(=O)c1ccc(-c2ccccn2)[nH]c1=O)c1ccccc1. The van der Waals surface area contributed by atoms with E-state index in [-0.39, 0.29) is 11.5 Å². The summed E-state index contributed by atoms with van der Waals surface area (Å²) in [5.74, 6) is -0.356. The van der Waals surface area contributed by atoms with Gasteiger partial charge >= 0.3 is 0 Å². The number of amides is 1. The van der Waals surface area contributed by atoms with Crippen LogP contribution in [0.4, 0.5) is 5.69 Å². The molecule has 1 N–H and O–H groups in total. The number of pyridine rings is 2. The van der Waals surface area contributed by atoms with Crippen molar-refractivity contribution in [2.75, 3.05) is 11.9 Å². The molecule has 0 saturated carbocycles. The van der Waals surface area contributed by atoms with Crippen LogP contribution in [0.3, 0.4) is 0 Å². The Morgan fingerprint density at radius 2 is 1.74 bits per heavy atom. The van der Waals surface area contributed by atoms with Crippen molar-refractivity contribution in [2.24, 2.45) is 0 Å². The highest BCUT2D eigenvalue weighted by atomic mass is 16.2. The number of para-hydroxylation sites is 1. The number of benzene rings is 1. The molecule has 114 valence electrons. The van der Waals surface area contributed by atoms with Gasteiger partial charge in [-0.3, -0.25) is 14.6 Å². The molecule has 0 fully saturated rings. The van der Waals surface area contributed by atoms with Gasteiger partial charge in [0.25, 0.3) is 11.5 Å². The largest absolute Gasteiger partial charge is 0.320 e. The Morgan fingerprint density at radius 1 is 1.00 bits per heavy atom. The predicted molar refractivity (Wildman–Crippen MR) is 89.5 cm³/mol. The minimum atomic E-state index is -0.430.